The van der Waals surface area contributed by atoms with Crippen LogP contribution in [-0.2, 0) is 4.74 Å². The van der Waals surface area contributed by atoms with Crippen molar-refractivity contribution in [2.75, 3.05) is 19.6 Å². The van der Waals surface area contributed by atoms with Gasteiger partial charge in [0.25, 0.3) is 0 Å². The fraction of sp³-hybridized carbons (Fsp3) is 0.571. The number of nitrogens with one attached hydrogen (secondary N) is 1. The summed E-state index contributed by atoms with van der Waals surface area (Å²) in [6, 6.07) is 3.82. The Morgan fingerprint density at radius 1 is 1.50 bits per heavy atom. The van der Waals surface area contributed by atoms with Gasteiger partial charge < -0.3 is 10.1 Å². The highest BCUT2D eigenvalue weighted by Crippen LogP contribution is 2.24. The van der Waals surface area contributed by atoms with E-state index in [0.717, 1.165) is 16.7 Å². The van der Waals surface area contributed by atoms with Gasteiger partial charge in [-0.25, -0.2) is 9.78 Å². The molecule has 6 heteroatoms. The van der Waals surface area contributed by atoms with Gasteiger partial charge in [-0.05, 0) is 48.3 Å². The Morgan fingerprint density at radius 2 is 2.25 bits per heavy atom. The summed E-state index contributed by atoms with van der Waals surface area (Å²) in [5.74, 6) is 0. The van der Waals surface area contributed by atoms with Gasteiger partial charge in [0.15, 0.2) is 0 Å². The van der Waals surface area contributed by atoms with E-state index >= 15 is 0 Å². The highest BCUT2D eigenvalue weighted by atomic mass is 79.9. The van der Waals surface area contributed by atoms with Crippen molar-refractivity contribution in [2.45, 2.75) is 32.4 Å². The number of amides is 1. The zero-order chi connectivity index (χ0) is 14.8. The maximum atomic E-state index is 12.3. The summed E-state index contributed by atoms with van der Waals surface area (Å²) in [4.78, 5) is 18.3. The van der Waals surface area contributed by atoms with E-state index in [0.29, 0.717) is 13.1 Å². The molecule has 110 valence electrons. The SMILES string of the molecule is CC(C)(C)OC(=O)N1CCNCC1c1ccc(Br)nc1. The Kier molecular flexibility index (Phi) is 4.65. The maximum absolute atomic E-state index is 12.3. The molecule has 1 amide bonds. The number of halogens is 1. The van der Waals surface area contributed by atoms with E-state index in [1.165, 1.54) is 0 Å². The third kappa shape index (κ3) is 3.93. The van der Waals surface area contributed by atoms with Gasteiger partial charge in [0.05, 0.1) is 6.04 Å². The Morgan fingerprint density at radius 3 is 2.85 bits per heavy atom. The molecular formula is C14H20BrN3O2. The van der Waals surface area contributed by atoms with E-state index in [1.807, 2.05) is 32.9 Å². The first-order chi connectivity index (χ1) is 9.37. The van der Waals surface area contributed by atoms with Gasteiger partial charge in [-0.3, -0.25) is 4.90 Å². The number of pyridine rings is 1. The van der Waals surface area contributed by atoms with Crippen LogP contribution in [0.5, 0.6) is 0 Å². The summed E-state index contributed by atoms with van der Waals surface area (Å²) in [7, 11) is 0. The van der Waals surface area contributed by atoms with Crippen molar-refractivity contribution in [2.24, 2.45) is 0 Å². The zero-order valence-electron chi connectivity index (χ0n) is 12.0. The van der Waals surface area contributed by atoms with Crippen molar-refractivity contribution in [3.63, 3.8) is 0 Å². The fourth-order valence-corrected chi connectivity index (χ4v) is 2.36. The molecule has 1 fully saturated rings. The number of rotatable bonds is 1. The van der Waals surface area contributed by atoms with Crippen LogP contribution in [0.1, 0.15) is 32.4 Å². The van der Waals surface area contributed by atoms with Crippen LogP contribution >= 0.6 is 15.9 Å². The third-order valence-electron chi connectivity index (χ3n) is 3.01. The molecule has 20 heavy (non-hydrogen) atoms. The van der Waals surface area contributed by atoms with Gasteiger partial charge in [0, 0.05) is 25.8 Å². The van der Waals surface area contributed by atoms with E-state index in [9.17, 15) is 4.79 Å². The lowest BCUT2D eigenvalue weighted by Crippen LogP contribution is -2.50. The Balaban J connectivity index is 2.16. The fourth-order valence-electron chi connectivity index (χ4n) is 2.13. The lowest BCUT2D eigenvalue weighted by atomic mass is 10.1. The van der Waals surface area contributed by atoms with Crippen LogP contribution in [0, 0.1) is 0 Å². The summed E-state index contributed by atoms with van der Waals surface area (Å²) in [5.41, 5.74) is 0.524. The quantitative estimate of drug-likeness (QED) is 0.798. The number of piperazine rings is 1. The Hall–Kier alpha value is -1.14. The molecule has 1 aromatic heterocycles. The highest BCUT2D eigenvalue weighted by Gasteiger charge is 2.31. The molecule has 1 atom stereocenters. The van der Waals surface area contributed by atoms with Gasteiger partial charge in [-0.1, -0.05) is 6.07 Å². The first-order valence-electron chi connectivity index (χ1n) is 6.68. The molecule has 0 aliphatic carbocycles. The smallest absolute Gasteiger partial charge is 0.410 e. The summed E-state index contributed by atoms with van der Waals surface area (Å²) in [5, 5.41) is 3.31. The minimum Gasteiger partial charge on any atom is -0.444 e. The predicted octanol–water partition coefficient (Wildman–Crippen LogP) is 2.73. The van der Waals surface area contributed by atoms with Crippen molar-refractivity contribution in [1.29, 1.82) is 0 Å². The Bertz CT molecular complexity index is 470. The molecule has 0 saturated carbocycles. The number of carbonyl (C=O) groups is 1. The maximum Gasteiger partial charge on any atom is 0.410 e. The van der Waals surface area contributed by atoms with Gasteiger partial charge in [0.2, 0.25) is 0 Å². The van der Waals surface area contributed by atoms with Crippen LogP contribution in [0.4, 0.5) is 4.79 Å². The van der Waals surface area contributed by atoms with Crippen molar-refractivity contribution >= 4 is 22.0 Å². The van der Waals surface area contributed by atoms with E-state index in [4.69, 9.17) is 4.74 Å². The normalized spacial score (nSPS) is 19.8. The minimum absolute atomic E-state index is 0.0424. The van der Waals surface area contributed by atoms with Gasteiger partial charge in [-0.2, -0.15) is 0 Å². The standard InChI is InChI=1S/C14H20BrN3O2/c1-14(2,3)20-13(19)18-7-6-16-9-11(18)10-4-5-12(15)17-8-10/h4-5,8,11,16H,6-7,9H2,1-3H3. The lowest BCUT2D eigenvalue weighted by molar-refractivity contribution is 0.0117. The van der Waals surface area contributed by atoms with Crippen molar-refractivity contribution in [3.05, 3.63) is 28.5 Å². The summed E-state index contributed by atoms with van der Waals surface area (Å²) < 4.78 is 6.27. The second-order valence-corrected chi connectivity index (χ2v) is 6.62. The molecule has 1 unspecified atom stereocenters. The molecule has 1 aromatic rings. The van der Waals surface area contributed by atoms with E-state index in [-0.39, 0.29) is 12.1 Å². The molecule has 2 heterocycles. The molecule has 0 bridgehead atoms. The topological polar surface area (TPSA) is 54.5 Å². The third-order valence-corrected chi connectivity index (χ3v) is 3.48. The molecule has 0 radical (unpaired) electrons. The first kappa shape index (κ1) is 15.3. The Labute approximate surface area is 127 Å². The van der Waals surface area contributed by atoms with Crippen LogP contribution in [0.2, 0.25) is 0 Å². The molecular weight excluding hydrogens is 322 g/mol. The molecule has 1 N–H and O–H groups in total. The zero-order valence-corrected chi connectivity index (χ0v) is 13.6. The lowest BCUT2D eigenvalue weighted by Gasteiger charge is -2.37. The summed E-state index contributed by atoms with van der Waals surface area (Å²) in [6.45, 7) is 7.76. The number of nitrogens with zero attached hydrogens (tertiary/aromatic N) is 2. The average molecular weight is 342 g/mol. The van der Waals surface area contributed by atoms with Crippen LogP contribution in [0.25, 0.3) is 0 Å². The average Bonchev–Trinajstić information content (AvgIpc) is 2.38. The summed E-state index contributed by atoms with van der Waals surface area (Å²) in [6.07, 6.45) is 1.52. The van der Waals surface area contributed by atoms with Crippen molar-refractivity contribution < 1.29 is 9.53 Å². The molecule has 0 aromatic carbocycles. The number of hydrogen-bond acceptors (Lipinski definition) is 4. The molecule has 0 spiro atoms. The van der Waals surface area contributed by atoms with Gasteiger partial charge >= 0.3 is 6.09 Å². The van der Waals surface area contributed by atoms with E-state index < -0.39 is 5.60 Å². The second-order valence-electron chi connectivity index (χ2n) is 5.81. The van der Waals surface area contributed by atoms with Crippen LogP contribution in [-0.4, -0.2) is 41.2 Å². The predicted molar refractivity (Wildman–Crippen MR) is 80.5 cm³/mol. The molecule has 1 saturated heterocycles. The summed E-state index contributed by atoms with van der Waals surface area (Å²) >= 11 is 3.32. The van der Waals surface area contributed by atoms with Crippen molar-refractivity contribution in [1.82, 2.24) is 15.2 Å². The monoisotopic (exact) mass is 341 g/mol. The number of carbonyl (C=O) groups excluding carboxylic acids is 1. The molecule has 1 aliphatic rings. The molecule has 2 rings (SSSR count). The first-order valence-corrected chi connectivity index (χ1v) is 7.48. The van der Waals surface area contributed by atoms with Gasteiger partial charge in [0.1, 0.15) is 10.2 Å². The van der Waals surface area contributed by atoms with Crippen LogP contribution in [0.15, 0.2) is 22.9 Å². The molecule has 1 aliphatic heterocycles. The largest absolute Gasteiger partial charge is 0.444 e. The van der Waals surface area contributed by atoms with Crippen LogP contribution < -0.4 is 5.32 Å². The van der Waals surface area contributed by atoms with E-state index in [1.54, 1.807) is 11.1 Å². The van der Waals surface area contributed by atoms with Crippen molar-refractivity contribution in [3.8, 4) is 0 Å². The van der Waals surface area contributed by atoms with E-state index in [2.05, 4.69) is 26.2 Å². The number of ether oxygens (including phenoxy) is 1. The van der Waals surface area contributed by atoms with Crippen LogP contribution in [0.3, 0.4) is 0 Å². The number of hydrogen-bond donors (Lipinski definition) is 1. The molecule has 5 nitrogen and oxygen atoms in total. The highest BCUT2D eigenvalue weighted by molar-refractivity contribution is 9.10. The number of aromatic nitrogens is 1. The second kappa shape index (κ2) is 6.10. The van der Waals surface area contributed by atoms with Gasteiger partial charge in [-0.15, -0.1) is 0 Å². The minimum atomic E-state index is -0.482.